The van der Waals surface area contributed by atoms with Gasteiger partial charge in [-0.1, -0.05) is 42.0 Å². The fraction of sp³-hybridized carbons (Fsp3) is 0.316. The minimum Gasteiger partial charge on any atom is -0.489 e. The topological polar surface area (TPSA) is 70.6 Å². The number of rotatable bonds is 8. The summed E-state index contributed by atoms with van der Waals surface area (Å²) in [6.07, 6.45) is 0. The van der Waals surface area contributed by atoms with Crippen LogP contribution in [0.5, 0.6) is 5.75 Å². The molecule has 128 valence electrons. The third kappa shape index (κ3) is 5.37. The van der Waals surface area contributed by atoms with Gasteiger partial charge in [0.05, 0.1) is 6.61 Å². The summed E-state index contributed by atoms with van der Waals surface area (Å²) >= 11 is 0. The Morgan fingerprint density at radius 2 is 1.92 bits per heavy atom. The summed E-state index contributed by atoms with van der Waals surface area (Å²) in [5, 5.41) is 14.7. The number of carbonyl (C=O) groups excluding carboxylic acids is 1. The summed E-state index contributed by atoms with van der Waals surface area (Å²) in [6, 6.07) is 15.3. The number of likely N-dealkylation sites (N-methyl/N-ethyl adjacent to an activating group) is 1. The lowest BCUT2D eigenvalue weighted by molar-refractivity contribution is -0.123. The van der Waals surface area contributed by atoms with Crippen molar-refractivity contribution in [3.63, 3.8) is 0 Å². The van der Waals surface area contributed by atoms with Crippen molar-refractivity contribution in [2.24, 2.45) is 0 Å². The summed E-state index contributed by atoms with van der Waals surface area (Å²) in [5.74, 6) is 0.570. The van der Waals surface area contributed by atoms with Crippen molar-refractivity contribution in [2.45, 2.75) is 26.1 Å². The first-order chi connectivity index (χ1) is 11.6. The Bertz CT molecular complexity index is 656. The fourth-order valence-electron chi connectivity index (χ4n) is 2.33. The van der Waals surface area contributed by atoms with Gasteiger partial charge >= 0.3 is 0 Å². The molecule has 1 amide bonds. The van der Waals surface area contributed by atoms with Gasteiger partial charge in [-0.15, -0.1) is 0 Å². The Balaban J connectivity index is 1.85. The maximum absolute atomic E-state index is 11.5. The normalized spacial score (nSPS) is 11.8. The SMILES string of the molecule is CNC(=O)C(CO)NCc1ccc(OCc2cccc(C)c2)cc1. The molecule has 24 heavy (non-hydrogen) atoms. The van der Waals surface area contributed by atoms with Crippen LogP contribution in [0.15, 0.2) is 48.5 Å². The Morgan fingerprint density at radius 3 is 2.54 bits per heavy atom. The maximum Gasteiger partial charge on any atom is 0.239 e. The van der Waals surface area contributed by atoms with Gasteiger partial charge in [-0.2, -0.15) is 0 Å². The molecule has 2 aromatic carbocycles. The van der Waals surface area contributed by atoms with Crippen LogP contribution in [-0.4, -0.2) is 30.7 Å². The monoisotopic (exact) mass is 328 g/mol. The summed E-state index contributed by atoms with van der Waals surface area (Å²) in [5.41, 5.74) is 3.37. The molecule has 2 rings (SSSR count). The van der Waals surface area contributed by atoms with E-state index in [4.69, 9.17) is 4.74 Å². The number of hydrogen-bond acceptors (Lipinski definition) is 4. The van der Waals surface area contributed by atoms with Crippen LogP contribution in [0, 0.1) is 6.92 Å². The number of benzene rings is 2. The lowest BCUT2D eigenvalue weighted by Crippen LogP contribution is -2.44. The number of hydrogen-bond donors (Lipinski definition) is 3. The fourth-order valence-corrected chi connectivity index (χ4v) is 2.33. The van der Waals surface area contributed by atoms with Crippen molar-refractivity contribution in [1.29, 1.82) is 0 Å². The van der Waals surface area contributed by atoms with Crippen LogP contribution < -0.4 is 15.4 Å². The molecule has 0 saturated heterocycles. The molecule has 0 bridgehead atoms. The van der Waals surface area contributed by atoms with Crippen LogP contribution in [0.4, 0.5) is 0 Å². The average Bonchev–Trinajstić information content (AvgIpc) is 2.61. The Hall–Kier alpha value is -2.37. The van der Waals surface area contributed by atoms with Gasteiger partial charge in [-0.3, -0.25) is 10.1 Å². The van der Waals surface area contributed by atoms with E-state index in [2.05, 4.69) is 29.7 Å². The molecule has 1 unspecified atom stereocenters. The smallest absolute Gasteiger partial charge is 0.239 e. The van der Waals surface area contributed by atoms with Crippen molar-refractivity contribution in [3.8, 4) is 5.75 Å². The second-order valence-electron chi connectivity index (χ2n) is 5.65. The average molecular weight is 328 g/mol. The van der Waals surface area contributed by atoms with Crippen molar-refractivity contribution < 1.29 is 14.6 Å². The van der Waals surface area contributed by atoms with Gasteiger partial charge in [0, 0.05) is 13.6 Å². The Kier molecular flexibility index (Phi) is 6.78. The zero-order chi connectivity index (χ0) is 17.4. The summed E-state index contributed by atoms with van der Waals surface area (Å²) in [7, 11) is 1.55. The van der Waals surface area contributed by atoms with Crippen LogP contribution >= 0.6 is 0 Å². The first kappa shape index (κ1) is 18.0. The van der Waals surface area contributed by atoms with E-state index in [0.717, 1.165) is 16.9 Å². The minimum atomic E-state index is -0.604. The molecule has 2 aromatic rings. The van der Waals surface area contributed by atoms with Gasteiger partial charge in [0.15, 0.2) is 0 Å². The first-order valence-corrected chi connectivity index (χ1v) is 7.95. The number of aryl methyl sites for hydroxylation is 1. The van der Waals surface area contributed by atoms with E-state index in [1.807, 2.05) is 36.4 Å². The predicted octanol–water partition coefficient (Wildman–Crippen LogP) is 1.77. The summed E-state index contributed by atoms with van der Waals surface area (Å²) < 4.78 is 5.78. The molecule has 0 radical (unpaired) electrons. The van der Waals surface area contributed by atoms with E-state index in [1.165, 1.54) is 5.56 Å². The molecule has 5 nitrogen and oxygen atoms in total. The minimum absolute atomic E-state index is 0.226. The number of ether oxygens (including phenoxy) is 1. The summed E-state index contributed by atoms with van der Waals surface area (Å²) in [6.45, 7) is 2.85. The van der Waals surface area contributed by atoms with Gasteiger partial charge in [-0.25, -0.2) is 0 Å². The molecule has 0 fully saturated rings. The molecular formula is C19H24N2O3. The van der Waals surface area contributed by atoms with E-state index in [-0.39, 0.29) is 12.5 Å². The quantitative estimate of drug-likeness (QED) is 0.691. The number of aliphatic hydroxyl groups excluding tert-OH is 1. The number of amides is 1. The van der Waals surface area contributed by atoms with Gasteiger partial charge in [0.25, 0.3) is 0 Å². The van der Waals surface area contributed by atoms with Gasteiger partial charge in [0.1, 0.15) is 18.4 Å². The molecular weight excluding hydrogens is 304 g/mol. The van der Waals surface area contributed by atoms with Crippen LogP contribution in [0.3, 0.4) is 0 Å². The molecule has 0 aliphatic carbocycles. The van der Waals surface area contributed by atoms with E-state index < -0.39 is 6.04 Å². The highest BCUT2D eigenvalue weighted by molar-refractivity contribution is 5.81. The molecule has 0 spiro atoms. The maximum atomic E-state index is 11.5. The zero-order valence-corrected chi connectivity index (χ0v) is 14.1. The van der Waals surface area contributed by atoms with Crippen molar-refractivity contribution >= 4 is 5.91 Å². The van der Waals surface area contributed by atoms with Gasteiger partial charge < -0.3 is 15.2 Å². The van der Waals surface area contributed by atoms with E-state index in [0.29, 0.717) is 13.2 Å². The molecule has 0 heterocycles. The summed E-state index contributed by atoms with van der Waals surface area (Å²) in [4.78, 5) is 11.5. The number of aliphatic hydroxyl groups is 1. The third-order valence-corrected chi connectivity index (χ3v) is 3.71. The predicted molar refractivity (Wildman–Crippen MR) is 93.7 cm³/mol. The van der Waals surface area contributed by atoms with E-state index >= 15 is 0 Å². The van der Waals surface area contributed by atoms with Gasteiger partial charge in [0.2, 0.25) is 5.91 Å². The molecule has 3 N–H and O–H groups in total. The molecule has 0 saturated carbocycles. The number of carbonyl (C=O) groups is 1. The van der Waals surface area contributed by atoms with E-state index in [9.17, 15) is 9.90 Å². The molecule has 0 aliphatic heterocycles. The standard InChI is InChI=1S/C19H24N2O3/c1-14-4-3-5-16(10-14)13-24-17-8-6-15(7-9-17)11-21-18(12-22)19(23)20-2/h3-10,18,21-22H,11-13H2,1-2H3,(H,20,23). The van der Waals surface area contributed by atoms with Crippen molar-refractivity contribution in [2.75, 3.05) is 13.7 Å². The molecule has 5 heteroatoms. The van der Waals surface area contributed by atoms with Crippen LogP contribution in [0.2, 0.25) is 0 Å². The van der Waals surface area contributed by atoms with Gasteiger partial charge in [-0.05, 0) is 30.2 Å². The largest absolute Gasteiger partial charge is 0.489 e. The Morgan fingerprint density at radius 1 is 1.17 bits per heavy atom. The zero-order valence-electron chi connectivity index (χ0n) is 14.1. The number of nitrogens with one attached hydrogen (secondary N) is 2. The first-order valence-electron chi connectivity index (χ1n) is 7.95. The third-order valence-electron chi connectivity index (χ3n) is 3.71. The lowest BCUT2D eigenvalue weighted by atomic mass is 10.1. The lowest BCUT2D eigenvalue weighted by Gasteiger charge is -2.14. The second-order valence-corrected chi connectivity index (χ2v) is 5.65. The van der Waals surface area contributed by atoms with Crippen LogP contribution in [0.1, 0.15) is 16.7 Å². The molecule has 0 aromatic heterocycles. The van der Waals surface area contributed by atoms with Crippen molar-refractivity contribution in [1.82, 2.24) is 10.6 Å². The highest BCUT2D eigenvalue weighted by atomic mass is 16.5. The molecule has 0 aliphatic rings. The second kappa shape index (κ2) is 9.05. The van der Waals surface area contributed by atoms with Crippen LogP contribution in [0.25, 0.3) is 0 Å². The van der Waals surface area contributed by atoms with E-state index in [1.54, 1.807) is 7.05 Å². The van der Waals surface area contributed by atoms with Crippen molar-refractivity contribution in [3.05, 3.63) is 65.2 Å². The Labute approximate surface area is 142 Å². The highest BCUT2D eigenvalue weighted by Crippen LogP contribution is 2.15. The van der Waals surface area contributed by atoms with Crippen LogP contribution in [-0.2, 0) is 17.9 Å². The highest BCUT2D eigenvalue weighted by Gasteiger charge is 2.14. The molecule has 1 atom stereocenters.